The van der Waals surface area contributed by atoms with E-state index in [1.54, 1.807) is 11.3 Å². The fourth-order valence-corrected chi connectivity index (χ4v) is 5.49. The minimum absolute atomic E-state index is 0.445. The van der Waals surface area contributed by atoms with Gasteiger partial charge in [-0.15, -0.1) is 5.06 Å². The van der Waals surface area contributed by atoms with Gasteiger partial charge >= 0.3 is 6.09 Å². The van der Waals surface area contributed by atoms with Crippen molar-refractivity contribution in [2.24, 2.45) is 5.73 Å². The zero-order chi connectivity index (χ0) is 23.1. The molecule has 176 valence electrons. The Morgan fingerprint density at radius 1 is 1.21 bits per heavy atom. The van der Waals surface area contributed by atoms with Crippen LogP contribution in [0.3, 0.4) is 0 Å². The third-order valence-corrected chi connectivity index (χ3v) is 7.35. The molecule has 34 heavy (non-hydrogen) atoms. The summed E-state index contributed by atoms with van der Waals surface area (Å²) < 4.78 is 12.9. The molecule has 0 atom stereocenters. The number of piperidine rings is 1. The molecule has 2 N–H and O–H groups in total. The van der Waals surface area contributed by atoms with Crippen LogP contribution >= 0.6 is 11.3 Å². The maximum Gasteiger partial charge on any atom is 0.423 e. The number of thiazole rings is 1. The molecule has 1 aliphatic carbocycles. The van der Waals surface area contributed by atoms with Gasteiger partial charge in [0.2, 0.25) is 0 Å². The number of ether oxygens (including phenoxy) is 1. The first-order chi connectivity index (χ1) is 16.6. The van der Waals surface area contributed by atoms with Crippen molar-refractivity contribution in [1.29, 1.82) is 0 Å². The molecule has 1 saturated heterocycles. The Labute approximate surface area is 200 Å². The molecule has 6 rings (SSSR count). The number of pyridine rings is 1. The van der Waals surface area contributed by atoms with Crippen LogP contribution in [-0.4, -0.2) is 51.2 Å². The number of nitrogens with two attached hydrogens (primary N) is 1. The number of primary amides is 1. The number of hydroxylamine groups is 2. The van der Waals surface area contributed by atoms with Crippen LogP contribution in [0.2, 0.25) is 0 Å². The minimum Gasteiger partial charge on any atom is -0.464 e. The van der Waals surface area contributed by atoms with Gasteiger partial charge in [0.25, 0.3) is 5.19 Å². The van der Waals surface area contributed by atoms with Crippen LogP contribution in [0.1, 0.15) is 31.2 Å². The smallest absolute Gasteiger partial charge is 0.423 e. The Morgan fingerprint density at radius 3 is 2.79 bits per heavy atom. The van der Waals surface area contributed by atoms with Crippen LogP contribution in [0.5, 0.6) is 10.9 Å². The van der Waals surface area contributed by atoms with E-state index in [1.165, 1.54) is 29.7 Å². The van der Waals surface area contributed by atoms with E-state index in [-0.39, 0.29) is 0 Å². The Kier molecular flexibility index (Phi) is 5.56. The maximum absolute atomic E-state index is 11.0. The molecule has 1 amide bonds. The van der Waals surface area contributed by atoms with Crippen molar-refractivity contribution in [2.75, 3.05) is 13.1 Å². The van der Waals surface area contributed by atoms with Gasteiger partial charge in [-0.3, -0.25) is 4.90 Å². The Morgan fingerprint density at radius 2 is 2.03 bits per heavy atom. The van der Waals surface area contributed by atoms with Gasteiger partial charge in [0, 0.05) is 54.9 Å². The predicted molar refractivity (Wildman–Crippen MR) is 128 cm³/mol. The summed E-state index contributed by atoms with van der Waals surface area (Å²) in [5.41, 5.74) is 7.82. The van der Waals surface area contributed by atoms with E-state index in [0.717, 1.165) is 35.1 Å². The highest BCUT2D eigenvalue weighted by Gasteiger charge is 2.36. The quantitative estimate of drug-likeness (QED) is 0.408. The van der Waals surface area contributed by atoms with E-state index in [9.17, 15) is 4.79 Å². The van der Waals surface area contributed by atoms with Crippen LogP contribution in [0.4, 0.5) is 4.79 Å². The number of aromatic nitrogens is 2. The first-order valence-electron chi connectivity index (χ1n) is 11.5. The van der Waals surface area contributed by atoms with Crippen LogP contribution in [0, 0.1) is 0 Å². The second-order valence-corrected chi connectivity index (χ2v) is 9.79. The molecule has 0 unspecified atom stereocenters. The zero-order valence-electron chi connectivity index (χ0n) is 18.6. The third-order valence-electron chi connectivity index (χ3n) is 6.46. The van der Waals surface area contributed by atoms with E-state index >= 15 is 0 Å². The predicted octanol–water partition coefficient (Wildman–Crippen LogP) is 4.67. The van der Waals surface area contributed by atoms with Gasteiger partial charge in [-0.2, -0.15) is 4.98 Å². The fraction of sp³-hybridized carbons (Fsp3) is 0.375. The van der Waals surface area contributed by atoms with E-state index in [1.807, 2.05) is 30.5 Å². The zero-order valence-corrected chi connectivity index (χ0v) is 19.4. The summed E-state index contributed by atoms with van der Waals surface area (Å²) in [6.07, 6.45) is 7.17. The molecule has 3 aromatic heterocycles. The number of hydrogen-bond donors (Lipinski definition) is 1. The number of nitrogens with zero attached hydrogens (tertiary/aromatic N) is 4. The first-order valence-corrected chi connectivity index (χ1v) is 12.3. The summed E-state index contributed by atoms with van der Waals surface area (Å²) in [6, 6.07) is 10.9. The van der Waals surface area contributed by atoms with Crippen LogP contribution in [-0.2, 0) is 11.4 Å². The summed E-state index contributed by atoms with van der Waals surface area (Å²) in [4.78, 5) is 27.4. The number of hydrogen-bond acceptors (Lipinski definition) is 9. The van der Waals surface area contributed by atoms with Crippen LogP contribution in [0.15, 0.2) is 47.2 Å². The van der Waals surface area contributed by atoms with Crippen molar-refractivity contribution in [3.8, 4) is 10.9 Å². The second-order valence-electron chi connectivity index (χ2n) is 8.80. The minimum atomic E-state index is -0.745. The summed E-state index contributed by atoms with van der Waals surface area (Å²) in [6.45, 7) is 2.23. The monoisotopic (exact) mass is 479 g/mol. The molecule has 1 saturated carbocycles. The highest BCUT2D eigenvalue weighted by Crippen LogP contribution is 2.36. The number of carbonyl (C=O) groups is 1. The molecule has 0 radical (unpaired) electrons. The van der Waals surface area contributed by atoms with Crippen molar-refractivity contribution < 1.29 is 18.8 Å². The number of rotatable bonds is 7. The number of benzene rings is 1. The molecule has 2 fully saturated rings. The first kappa shape index (κ1) is 21.3. The SMILES string of the molecule is NC(=O)ON1CCC(N(Cc2coc3cc(Oc4nc5ncccc5s4)ccc23)C2CC2)CC1. The van der Waals surface area contributed by atoms with Crippen molar-refractivity contribution in [1.82, 2.24) is 19.9 Å². The van der Waals surface area contributed by atoms with Crippen molar-refractivity contribution >= 4 is 38.7 Å². The highest BCUT2D eigenvalue weighted by atomic mass is 32.1. The van der Waals surface area contributed by atoms with Crippen LogP contribution in [0.25, 0.3) is 21.3 Å². The number of amides is 1. The number of furan rings is 1. The third kappa shape index (κ3) is 4.44. The average molecular weight is 480 g/mol. The number of fused-ring (bicyclic) bond motifs is 2. The molecule has 4 aromatic rings. The van der Waals surface area contributed by atoms with Gasteiger partial charge in [0.1, 0.15) is 11.3 Å². The number of carbonyl (C=O) groups excluding carboxylic acids is 1. The largest absolute Gasteiger partial charge is 0.464 e. The molecule has 1 aliphatic heterocycles. The molecule has 0 spiro atoms. The standard InChI is InChI=1S/C24H25N5O4S/c25-23(30)33-28-10-7-17(8-11-28)29(16-3-4-16)13-15-14-31-20-12-18(5-6-19(15)20)32-24-27-22-21(34-24)2-1-9-26-22/h1-2,5-6,9,12,14,16-17H,3-4,7-8,10-11,13H2,(H2,25,30). The van der Waals surface area contributed by atoms with E-state index in [4.69, 9.17) is 19.7 Å². The topological polar surface area (TPSA) is 107 Å². The van der Waals surface area contributed by atoms with Gasteiger partial charge in [0.15, 0.2) is 5.65 Å². The van der Waals surface area contributed by atoms with E-state index < -0.39 is 6.09 Å². The van der Waals surface area contributed by atoms with Gasteiger partial charge in [0.05, 0.1) is 11.0 Å². The molecule has 1 aromatic carbocycles. The average Bonchev–Trinajstić information content (AvgIpc) is 3.47. The normalized spacial score (nSPS) is 17.6. The molecule has 0 bridgehead atoms. The molecule has 2 aliphatic rings. The van der Waals surface area contributed by atoms with Crippen molar-refractivity contribution in [3.05, 3.63) is 48.4 Å². The van der Waals surface area contributed by atoms with Crippen molar-refractivity contribution in [3.63, 3.8) is 0 Å². The van der Waals surface area contributed by atoms with E-state index in [2.05, 4.69) is 20.9 Å². The molecule has 9 nitrogen and oxygen atoms in total. The van der Waals surface area contributed by atoms with Crippen molar-refractivity contribution in [2.45, 2.75) is 44.3 Å². The van der Waals surface area contributed by atoms with E-state index in [0.29, 0.717) is 41.8 Å². The lowest BCUT2D eigenvalue weighted by Gasteiger charge is -2.37. The lowest BCUT2D eigenvalue weighted by atomic mass is 10.0. The molecule has 4 heterocycles. The molecular formula is C24H25N5O4S. The summed E-state index contributed by atoms with van der Waals surface area (Å²) >= 11 is 1.47. The summed E-state index contributed by atoms with van der Waals surface area (Å²) in [7, 11) is 0. The Hall–Kier alpha value is -3.21. The maximum atomic E-state index is 11.0. The van der Waals surface area contributed by atoms with Crippen LogP contribution < -0.4 is 10.5 Å². The summed E-state index contributed by atoms with van der Waals surface area (Å²) in [5.74, 6) is 0.688. The van der Waals surface area contributed by atoms with Gasteiger partial charge in [-0.25, -0.2) is 9.78 Å². The van der Waals surface area contributed by atoms with Gasteiger partial charge in [-0.1, -0.05) is 11.3 Å². The lowest BCUT2D eigenvalue weighted by Crippen LogP contribution is -2.46. The van der Waals surface area contributed by atoms with Gasteiger partial charge in [-0.05, 0) is 49.9 Å². The Bertz CT molecular complexity index is 1290. The highest BCUT2D eigenvalue weighted by molar-refractivity contribution is 7.20. The van der Waals surface area contributed by atoms with Gasteiger partial charge < -0.3 is 19.7 Å². The molecular weight excluding hydrogens is 454 g/mol. The lowest BCUT2D eigenvalue weighted by molar-refractivity contribution is -0.119. The molecule has 10 heteroatoms. The fourth-order valence-electron chi connectivity index (χ4n) is 4.69. The summed E-state index contributed by atoms with van der Waals surface area (Å²) in [5, 5.41) is 3.32. The second kappa shape index (κ2) is 8.86. The Balaban J connectivity index is 1.16.